The molecule has 0 radical (unpaired) electrons. The molecule has 2 N–H and O–H groups in total. The quantitative estimate of drug-likeness (QED) is 0.554. The zero-order valence-corrected chi connectivity index (χ0v) is 16.7. The van der Waals surface area contributed by atoms with Crippen LogP contribution in [-0.2, 0) is 10.2 Å². The summed E-state index contributed by atoms with van der Waals surface area (Å²) in [6.07, 6.45) is 2.69. The van der Waals surface area contributed by atoms with E-state index in [2.05, 4.69) is 53.8 Å². The van der Waals surface area contributed by atoms with E-state index in [1.54, 1.807) is 12.1 Å². The first kappa shape index (κ1) is 18.3. The van der Waals surface area contributed by atoms with Crippen LogP contribution < -0.4 is 5.32 Å². The van der Waals surface area contributed by atoms with Crippen LogP contribution >= 0.6 is 11.6 Å². The summed E-state index contributed by atoms with van der Waals surface area (Å²) in [4.78, 5) is 12.4. The highest BCUT2D eigenvalue weighted by Crippen LogP contribution is 2.57. The molecule has 0 heterocycles. The Morgan fingerprint density at radius 3 is 1.97 bits per heavy atom. The van der Waals surface area contributed by atoms with Gasteiger partial charge in [0.2, 0.25) is 0 Å². The fourth-order valence-corrected chi connectivity index (χ4v) is 5.48. The summed E-state index contributed by atoms with van der Waals surface area (Å²) in [5.41, 5.74) is 4.90. The van der Waals surface area contributed by atoms with Gasteiger partial charge in [0.25, 0.3) is 0 Å². The summed E-state index contributed by atoms with van der Waals surface area (Å²) in [6, 6.07) is 24.5. The molecular formula is C25H22ClNO2. The number of benzene rings is 3. The third kappa shape index (κ3) is 2.76. The van der Waals surface area contributed by atoms with E-state index in [-0.39, 0.29) is 5.41 Å². The summed E-state index contributed by atoms with van der Waals surface area (Å²) >= 11 is 6.11. The molecule has 1 saturated carbocycles. The molecule has 3 aromatic rings. The molecule has 3 nitrogen and oxygen atoms in total. The van der Waals surface area contributed by atoms with Crippen molar-refractivity contribution in [1.82, 2.24) is 0 Å². The van der Waals surface area contributed by atoms with Crippen molar-refractivity contribution >= 4 is 23.3 Å². The van der Waals surface area contributed by atoms with Gasteiger partial charge >= 0.3 is 5.97 Å². The Hall–Kier alpha value is -2.78. The number of carbonyl (C=O) groups is 1. The number of rotatable bonds is 3. The van der Waals surface area contributed by atoms with E-state index >= 15 is 0 Å². The summed E-state index contributed by atoms with van der Waals surface area (Å²) < 4.78 is 0. The van der Waals surface area contributed by atoms with Crippen molar-refractivity contribution in [1.29, 1.82) is 0 Å². The van der Waals surface area contributed by atoms with E-state index in [1.165, 1.54) is 22.3 Å². The zero-order valence-electron chi connectivity index (χ0n) is 16.0. The SMILES string of the molecule is O=C(O)C1(Nc2cccc(Cl)c2)CCC2(CC1)c1ccccc1-c1ccccc12. The molecule has 0 aromatic heterocycles. The predicted molar refractivity (Wildman–Crippen MR) is 117 cm³/mol. The number of anilines is 1. The summed E-state index contributed by atoms with van der Waals surface area (Å²) in [6.45, 7) is 0. The van der Waals surface area contributed by atoms with Gasteiger partial charge in [-0.15, -0.1) is 0 Å². The van der Waals surface area contributed by atoms with E-state index in [1.807, 2.05) is 12.1 Å². The van der Waals surface area contributed by atoms with E-state index in [9.17, 15) is 9.90 Å². The van der Waals surface area contributed by atoms with Crippen LogP contribution in [0.3, 0.4) is 0 Å². The van der Waals surface area contributed by atoms with Gasteiger partial charge in [0, 0.05) is 16.1 Å². The lowest BCUT2D eigenvalue weighted by Gasteiger charge is -2.44. The fraction of sp³-hybridized carbons (Fsp3) is 0.240. The summed E-state index contributed by atoms with van der Waals surface area (Å²) in [5.74, 6) is -0.799. The van der Waals surface area contributed by atoms with Crippen LogP contribution in [0.1, 0.15) is 36.8 Å². The number of hydrogen-bond acceptors (Lipinski definition) is 2. The van der Waals surface area contributed by atoms with Crippen LogP contribution in [-0.4, -0.2) is 16.6 Å². The molecule has 5 rings (SSSR count). The lowest BCUT2D eigenvalue weighted by Crippen LogP contribution is -2.52. The van der Waals surface area contributed by atoms with Crippen molar-refractivity contribution in [2.24, 2.45) is 0 Å². The van der Waals surface area contributed by atoms with Crippen molar-refractivity contribution in [3.63, 3.8) is 0 Å². The molecule has 1 fully saturated rings. The van der Waals surface area contributed by atoms with Gasteiger partial charge in [-0.2, -0.15) is 0 Å². The minimum absolute atomic E-state index is 0.109. The van der Waals surface area contributed by atoms with Gasteiger partial charge < -0.3 is 10.4 Å². The highest BCUT2D eigenvalue weighted by atomic mass is 35.5. The fourth-order valence-electron chi connectivity index (χ4n) is 5.29. The van der Waals surface area contributed by atoms with E-state index in [4.69, 9.17) is 11.6 Å². The van der Waals surface area contributed by atoms with Gasteiger partial charge in [-0.25, -0.2) is 4.79 Å². The van der Waals surface area contributed by atoms with Crippen molar-refractivity contribution in [3.05, 3.63) is 88.9 Å². The summed E-state index contributed by atoms with van der Waals surface area (Å²) in [5, 5.41) is 14.0. The van der Waals surface area contributed by atoms with Gasteiger partial charge in [0.15, 0.2) is 0 Å². The van der Waals surface area contributed by atoms with Gasteiger partial charge in [-0.3, -0.25) is 0 Å². The van der Waals surface area contributed by atoms with Crippen LogP contribution in [0.5, 0.6) is 0 Å². The topological polar surface area (TPSA) is 49.3 Å². The molecule has 0 bridgehead atoms. The largest absolute Gasteiger partial charge is 0.480 e. The third-order valence-electron chi connectivity index (χ3n) is 6.75. The summed E-state index contributed by atoms with van der Waals surface area (Å²) in [7, 11) is 0. The Balaban J connectivity index is 1.52. The highest BCUT2D eigenvalue weighted by Gasteiger charge is 2.51. The van der Waals surface area contributed by atoms with Crippen molar-refractivity contribution < 1.29 is 9.90 Å². The minimum atomic E-state index is -0.984. The molecule has 29 heavy (non-hydrogen) atoms. The van der Waals surface area contributed by atoms with E-state index < -0.39 is 11.5 Å². The second-order valence-corrected chi connectivity index (χ2v) is 8.63. The number of carboxylic acids is 1. The predicted octanol–water partition coefficient (Wildman–Crippen LogP) is 6.12. The van der Waals surface area contributed by atoms with E-state index in [0.717, 1.165) is 18.5 Å². The first-order valence-electron chi connectivity index (χ1n) is 10.0. The molecule has 3 aromatic carbocycles. The van der Waals surface area contributed by atoms with Gasteiger partial charge in [-0.1, -0.05) is 66.2 Å². The maximum absolute atomic E-state index is 12.4. The van der Waals surface area contributed by atoms with Crippen LogP contribution in [0.2, 0.25) is 5.02 Å². The Labute approximate surface area is 175 Å². The lowest BCUT2D eigenvalue weighted by molar-refractivity contribution is -0.143. The molecule has 0 unspecified atom stereocenters. The Bertz CT molecular complexity index is 1050. The van der Waals surface area contributed by atoms with Gasteiger partial charge in [0.05, 0.1) is 0 Å². The molecule has 2 aliphatic carbocycles. The van der Waals surface area contributed by atoms with Crippen molar-refractivity contribution in [3.8, 4) is 11.1 Å². The Kier molecular flexibility index (Phi) is 4.18. The average molecular weight is 404 g/mol. The standard InChI is InChI=1S/C25H22ClNO2/c26-17-6-5-7-18(16-17)27-25(23(28)29)14-12-24(13-15-25)21-10-3-1-8-19(21)20-9-2-4-11-22(20)24/h1-11,16,27H,12-15H2,(H,28,29). The minimum Gasteiger partial charge on any atom is -0.480 e. The second kappa shape index (κ2) is 6.64. The Morgan fingerprint density at radius 1 is 0.828 bits per heavy atom. The van der Waals surface area contributed by atoms with Crippen LogP contribution in [0.4, 0.5) is 5.69 Å². The first-order chi connectivity index (χ1) is 14.0. The molecule has 146 valence electrons. The molecule has 2 aliphatic rings. The lowest BCUT2D eigenvalue weighted by atomic mass is 9.63. The molecule has 0 saturated heterocycles. The molecule has 0 aliphatic heterocycles. The van der Waals surface area contributed by atoms with Gasteiger partial charge in [-0.05, 0) is 66.1 Å². The Morgan fingerprint density at radius 2 is 1.41 bits per heavy atom. The van der Waals surface area contributed by atoms with Crippen molar-refractivity contribution in [2.75, 3.05) is 5.32 Å². The monoisotopic (exact) mass is 403 g/mol. The van der Waals surface area contributed by atoms with Crippen LogP contribution in [0.15, 0.2) is 72.8 Å². The molecule has 0 amide bonds. The maximum Gasteiger partial charge on any atom is 0.329 e. The van der Waals surface area contributed by atoms with Crippen LogP contribution in [0.25, 0.3) is 11.1 Å². The zero-order chi connectivity index (χ0) is 20.1. The third-order valence-corrected chi connectivity index (χ3v) is 6.99. The average Bonchev–Trinajstić information content (AvgIpc) is 3.00. The van der Waals surface area contributed by atoms with E-state index in [0.29, 0.717) is 17.9 Å². The van der Waals surface area contributed by atoms with Crippen molar-refractivity contribution in [2.45, 2.75) is 36.6 Å². The number of fused-ring (bicyclic) bond motifs is 5. The smallest absolute Gasteiger partial charge is 0.329 e. The number of nitrogens with one attached hydrogen (secondary N) is 1. The number of carboxylic acid groups (broad SMARTS) is 1. The molecular weight excluding hydrogens is 382 g/mol. The molecule has 4 heteroatoms. The first-order valence-corrected chi connectivity index (χ1v) is 10.4. The normalized spacial score (nSPS) is 18.1. The highest BCUT2D eigenvalue weighted by molar-refractivity contribution is 6.30. The van der Waals surface area contributed by atoms with Crippen LogP contribution in [0, 0.1) is 0 Å². The number of halogens is 1. The maximum atomic E-state index is 12.4. The molecule has 0 atom stereocenters. The second-order valence-electron chi connectivity index (χ2n) is 8.20. The van der Waals surface area contributed by atoms with Gasteiger partial charge in [0.1, 0.15) is 5.54 Å². The number of aliphatic carboxylic acids is 1. The molecule has 1 spiro atoms. The number of hydrogen-bond donors (Lipinski definition) is 2.